The van der Waals surface area contributed by atoms with Crippen LogP contribution >= 0.6 is 0 Å². The Kier molecular flexibility index (Phi) is 3.46. The van der Waals surface area contributed by atoms with E-state index in [9.17, 15) is 4.79 Å². The summed E-state index contributed by atoms with van der Waals surface area (Å²) in [5.41, 5.74) is 0.721. The molecule has 1 heterocycles. The Morgan fingerprint density at radius 2 is 2.33 bits per heavy atom. The summed E-state index contributed by atoms with van der Waals surface area (Å²) < 4.78 is 1.88. The molecule has 0 aliphatic carbocycles. The van der Waals surface area contributed by atoms with Crippen LogP contribution in [-0.2, 0) is 11.0 Å². The first kappa shape index (κ1) is 11.7. The summed E-state index contributed by atoms with van der Waals surface area (Å²) in [6.45, 7) is 10.2. The molecule has 1 aromatic rings. The Morgan fingerprint density at radius 3 is 2.87 bits per heavy atom. The van der Waals surface area contributed by atoms with Crippen molar-refractivity contribution in [1.82, 2.24) is 9.78 Å². The number of nitrogens with zero attached hydrogens (tertiary/aromatic N) is 2. The number of hydrogen-bond donors (Lipinski definition) is 1. The Balaban J connectivity index is 2.64. The SMILES string of the molecule is C=CC(=O)Nc1cnn(C[Si](C)(C)C)c1. The van der Waals surface area contributed by atoms with Gasteiger partial charge in [0.05, 0.1) is 20.0 Å². The highest BCUT2D eigenvalue weighted by Crippen LogP contribution is 2.09. The second-order valence-electron chi connectivity index (χ2n) is 4.68. The van der Waals surface area contributed by atoms with E-state index in [1.807, 2.05) is 10.9 Å². The van der Waals surface area contributed by atoms with Crippen LogP contribution in [0.1, 0.15) is 0 Å². The summed E-state index contributed by atoms with van der Waals surface area (Å²) in [6, 6.07) is 0. The van der Waals surface area contributed by atoms with Gasteiger partial charge in [0.25, 0.3) is 0 Å². The first-order valence-electron chi connectivity index (χ1n) is 4.86. The van der Waals surface area contributed by atoms with Crippen LogP contribution < -0.4 is 5.32 Å². The first-order chi connectivity index (χ1) is 6.90. The average molecular weight is 223 g/mol. The minimum atomic E-state index is -1.17. The Labute approximate surface area is 91.0 Å². The maximum absolute atomic E-state index is 11.0. The highest BCUT2D eigenvalue weighted by Gasteiger charge is 2.14. The molecular formula is C10H17N3OSi. The van der Waals surface area contributed by atoms with Crippen molar-refractivity contribution in [2.75, 3.05) is 5.32 Å². The molecule has 5 heteroatoms. The van der Waals surface area contributed by atoms with E-state index in [1.165, 1.54) is 6.08 Å². The minimum absolute atomic E-state index is 0.206. The monoisotopic (exact) mass is 223 g/mol. The van der Waals surface area contributed by atoms with Crippen molar-refractivity contribution < 1.29 is 4.79 Å². The van der Waals surface area contributed by atoms with Crippen molar-refractivity contribution in [3.63, 3.8) is 0 Å². The van der Waals surface area contributed by atoms with Crippen molar-refractivity contribution in [2.24, 2.45) is 0 Å². The molecule has 0 unspecified atom stereocenters. The highest BCUT2D eigenvalue weighted by atomic mass is 28.3. The van der Waals surface area contributed by atoms with E-state index in [0.29, 0.717) is 0 Å². The van der Waals surface area contributed by atoms with Crippen molar-refractivity contribution in [3.8, 4) is 0 Å². The average Bonchev–Trinajstić information content (AvgIpc) is 2.49. The second kappa shape index (κ2) is 4.44. The summed E-state index contributed by atoms with van der Waals surface area (Å²) >= 11 is 0. The van der Waals surface area contributed by atoms with E-state index in [-0.39, 0.29) is 5.91 Å². The number of rotatable bonds is 4. The number of nitrogens with one attached hydrogen (secondary N) is 1. The molecule has 1 rings (SSSR count). The van der Waals surface area contributed by atoms with Crippen LogP contribution in [-0.4, -0.2) is 23.8 Å². The standard InChI is InChI=1S/C10H17N3OSi/c1-5-10(14)12-9-6-11-13(7-9)8-15(2,3)4/h5-7H,1,8H2,2-4H3,(H,12,14). The summed E-state index contributed by atoms with van der Waals surface area (Å²) in [4.78, 5) is 11.0. The fourth-order valence-corrected chi connectivity index (χ4v) is 2.34. The molecule has 82 valence electrons. The van der Waals surface area contributed by atoms with Crippen LogP contribution in [0.4, 0.5) is 5.69 Å². The molecule has 0 spiro atoms. The maximum Gasteiger partial charge on any atom is 0.247 e. The van der Waals surface area contributed by atoms with E-state index >= 15 is 0 Å². The van der Waals surface area contributed by atoms with E-state index in [2.05, 4.69) is 36.6 Å². The summed E-state index contributed by atoms with van der Waals surface area (Å²) in [5.74, 6) is -0.206. The van der Waals surface area contributed by atoms with Crippen LogP contribution in [0, 0.1) is 0 Å². The quantitative estimate of drug-likeness (QED) is 0.626. The molecule has 0 saturated carbocycles. The zero-order valence-electron chi connectivity index (χ0n) is 9.45. The smallest absolute Gasteiger partial charge is 0.247 e. The van der Waals surface area contributed by atoms with Gasteiger partial charge in [-0.15, -0.1) is 0 Å². The minimum Gasteiger partial charge on any atom is -0.320 e. The highest BCUT2D eigenvalue weighted by molar-refractivity contribution is 6.74. The summed E-state index contributed by atoms with van der Waals surface area (Å²) in [7, 11) is -1.17. The van der Waals surface area contributed by atoms with Crippen LogP contribution in [0.25, 0.3) is 0 Å². The molecule has 0 bridgehead atoms. The molecule has 1 amide bonds. The van der Waals surface area contributed by atoms with Gasteiger partial charge in [-0.25, -0.2) is 0 Å². The van der Waals surface area contributed by atoms with Gasteiger partial charge in [-0.1, -0.05) is 26.2 Å². The topological polar surface area (TPSA) is 46.9 Å². The van der Waals surface area contributed by atoms with Gasteiger partial charge < -0.3 is 5.32 Å². The number of amides is 1. The molecule has 0 aliphatic rings. The third-order valence-corrected chi connectivity index (χ3v) is 3.00. The molecule has 0 aromatic carbocycles. The van der Waals surface area contributed by atoms with E-state index in [0.717, 1.165) is 11.9 Å². The van der Waals surface area contributed by atoms with Gasteiger partial charge in [-0.05, 0) is 6.08 Å². The lowest BCUT2D eigenvalue weighted by atomic mass is 10.5. The molecule has 0 radical (unpaired) electrons. The van der Waals surface area contributed by atoms with Crippen LogP contribution in [0.15, 0.2) is 25.0 Å². The van der Waals surface area contributed by atoms with Gasteiger partial charge in [0, 0.05) is 12.4 Å². The number of carbonyl (C=O) groups excluding carboxylic acids is 1. The molecule has 0 fully saturated rings. The lowest BCUT2D eigenvalue weighted by Crippen LogP contribution is -2.28. The fraction of sp³-hybridized carbons (Fsp3) is 0.400. The van der Waals surface area contributed by atoms with Crippen LogP contribution in [0.3, 0.4) is 0 Å². The predicted molar refractivity (Wildman–Crippen MR) is 64.4 cm³/mol. The number of carbonyl (C=O) groups is 1. The first-order valence-corrected chi connectivity index (χ1v) is 8.57. The zero-order valence-corrected chi connectivity index (χ0v) is 10.4. The van der Waals surface area contributed by atoms with Gasteiger partial charge in [0.15, 0.2) is 0 Å². The molecule has 0 saturated heterocycles. The van der Waals surface area contributed by atoms with Crippen molar-refractivity contribution in [1.29, 1.82) is 0 Å². The Bertz CT molecular complexity index is 365. The number of hydrogen-bond acceptors (Lipinski definition) is 2. The lowest BCUT2D eigenvalue weighted by molar-refractivity contribution is -0.111. The fourth-order valence-electron chi connectivity index (χ4n) is 1.19. The van der Waals surface area contributed by atoms with Gasteiger partial charge >= 0.3 is 0 Å². The molecule has 15 heavy (non-hydrogen) atoms. The number of aromatic nitrogens is 2. The number of anilines is 1. The summed E-state index contributed by atoms with van der Waals surface area (Å²) in [6.07, 6.45) is 5.70. The van der Waals surface area contributed by atoms with Gasteiger partial charge in [0.2, 0.25) is 5.91 Å². The summed E-state index contributed by atoms with van der Waals surface area (Å²) in [5, 5.41) is 6.86. The predicted octanol–water partition coefficient (Wildman–Crippen LogP) is 1.88. The third kappa shape index (κ3) is 4.12. The normalized spacial score (nSPS) is 11.1. The molecule has 1 N–H and O–H groups in total. The van der Waals surface area contributed by atoms with Crippen LogP contribution in [0.2, 0.25) is 19.6 Å². The maximum atomic E-state index is 11.0. The van der Waals surface area contributed by atoms with E-state index < -0.39 is 8.07 Å². The van der Waals surface area contributed by atoms with Gasteiger partial charge in [-0.3, -0.25) is 9.48 Å². The second-order valence-corrected chi connectivity index (χ2v) is 10.1. The molecule has 4 nitrogen and oxygen atoms in total. The van der Waals surface area contributed by atoms with Crippen molar-refractivity contribution in [3.05, 3.63) is 25.0 Å². The van der Waals surface area contributed by atoms with E-state index in [4.69, 9.17) is 0 Å². The lowest BCUT2D eigenvalue weighted by Gasteiger charge is -2.14. The Hall–Kier alpha value is -1.36. The van der Waals surface area contributed by atoms with E-state index in [1.54, 1.807) is 6.20 Å². The molecule has 1 aromatic heterocycles. The zero-order chi connectivity index (χ0) is 11.5. The van der Waals surface area contributed by atoms with Crippen LogP contribution in [0.5, 0.6) is 0 Å². The van der Waals surface area contributed by atoms with Crippen molar-refractivity contribution in [2.45, 2.75) is 25.8 Å². The molecular weight excluding hydrogens is 206 g/mol. The molecule has 0 aliphatic heterocycles. The molecule has 0 atom stereocenters. The Morgan fingerprint density at radius 1 is 1.67 bits per heavy atom. The van der Waals surface area contributed by atoms with Gasteiger partial charge in [-0.2, -0.15) is 5.10 Å². The largest absolute Gasteiger partial charge is 0.320 e. The third-order valence-electron chi connectivity index (χ3n) is 1.72. The van der Waals surface area contributed by atoms with Gasteiger partial charge in [0.1, 0.15) is 0 Å². The van der Waals surface area contributed by atoms with Crippen molar-refractivity contribution >= 4 is 19.7 Å².